The second-order valence-corrected chi connectivity index (χ2v) is 7.18. The highest BCUT2D eigenvalue weighted by atomic mass is 16.5. The largest absolute Gasteiger partial charge is 0.496 e. The molecule has 0 radical (unpaired) electrons. The minimum absolute atomic E-state index is 0.00110. The monoisotopic (exact) mass is 359 g/mol. The van der Waals surface area contributed by atoms with Crippen LogP contribution < -0.4 is 10.3 Å². The highest BCUT2D eigenvalue weighted by molar-refractivity contribution is 5.98. The predicted molar refractivity (Wildman–Crippen MR) is 102 cm³/mol. The number of hydrogen-bond donors (Lipinski definition) is 0. The standard InChI is InChI=1S/C20H29N3O3/c1-4-15(2)14-21-10-7-16-19(20(25)22-8-5-6-9-22)17(26-3)13-18(24)23(16)12-11-21/h4,13H,5-12,14H2,1-3H3. The Morgan fingerprint density at radius 1 is 1.19 bits per heavy atom. The van der Waals surface area contributed by atoms with E-state index < -0.39 is 0 Å². The molecule has 3 rings (SSSR count). The smallest absolute Gasteiger partial charge is 0.259 e. The number of carbonyl (C=O) groups is 1. The molecule has 0 aliphatic carbocycles. The van der Waals surface area contributed by atoms with E-state index in [1.165, 1.54) is 18.7 Å². The summed E-state index contributed by atoms with van der Waals surface area (Å²) in [5.41, 5.74) is 2.64. The van der Waals surface area contributed by atoms with Crippen LogP contribution in [0, 0.1) is 0 Å². The third kappa shape index (κ3) is 3.70. The van der Waals surface area contributed by atoms with E-state index in [4.69, 9.17) is 4.74 Å². The summed E-state index contributed by atoms with van der Waals surface area (Å²) in [6.45, 7) is 8.88. The van der Waals surface area contributed by atoms with Crippen molar-refractivity contribution in [3.63, 3.8) is 0 Å². The number of carbonyl (C=O) groups excluding carboxylic acids is 1. The van der Waals surface area contributed by atoms with Crippen LogP contribution in [0.15, 0.2) is 22.5 Å². The number of fused-ring (bicyclic) bond motifs is 1. The van der Waals surface area contributed by atoms with Gasteiger partial charge in [0.2, 0.25) is 0 Å². The highest BCUT2D eigenvalue weighted by Gasteiger charge is 2.29. The molecule has 1 saturated heterocycles. The van der Waals surface area contributed by atoms with Crippen molar-refractivity contribution in [3.8, 4) is 5.75 Å². The van der Waals surface area contributed by atoms with Crippen molar-refractivity contribution in [1.82, 2.24) is 14.4 Å². The van der Waals surface area contributed by atoms with Gasteiger partial charge in [-0.25, -0.2) is 0 Å². The zero-order chi connectivity index (χ0) is 18.7. The van der Waals surface area contributed by atoms with Gasteiger partial charge < -0.3 is 14.2 Å². The van der Waals surface area contributed by atoms with Gasteiger partial charge in [-0.3, -0.25) is 14.5 Å². The first-order chi connectivity index (χ1) is 12.5. The molecule has 1 amide bonds. The molecule has 6 heteroatoms. The molecule has 2 aliphatic rings. The van der Waals surface area contributed by atoms with Crippen LogP contribution in [0.25, 0.3) is 0 Å². The molecular formula is C20H29N3O3. The Bertz CT molecular complexity index is 760. The lowest BCUT2D eigenvalue weighted by Crippen LogP contribution is -2.33. The summed E-state index contributed by atoms with van der Waals surface area (Å²) in [4.78, 5) is 30.0. The maximum absolute atomic E-state index is 13.1. The lowest BCUT2D eigenvalue weighted by atomic mass is 10.1. The van der Waals surface area contributed by atoms with Gasteiger partial charge in [0, 0.05) is 57.4 Å². The first kappa shape index (κ1) is 18.7. The molecule has 0 spiro atoms. The molecule has 0 bridgehead atoms. The van der Waals surface area contributed by atoms with Crippen LogP contribution in [-0.4, -0.2) is 60.1 Å². The number of amides is 1. The van der Waals surface area contributed by atoms with Gasteiger partial charge in [0.25, 0.3) is 11.5 Å². The van der Waals surface area contributed by atoms with Crippen molar-refractivity contribution in [2.24, 2.45) is 0 Å². The summed E-state index contributed by atoms with van der Waals surface area (Å²) < 4.78 is 7.21. The molecule has 0 saturated carbocycles. The highest BCUT2D eigenvalue weighted by Crippen LogP contribution is 2.26. The molecule has 0 aromatic carbocycles. The molecule has 0 atom stereocenters. The SMILES string of the molecule is CC=C(C)CN1CCc2c(C(=O)N3CCCC3)c(OC)cc(=O)n2CC1. The molecule has 2 aliphatic heterocycles. The molecule has 3 heterocycles. The maximum atomic E-state index is 13.1. The van der Waals surface area contributed by atoms with Gasteiger partial charge in [-0.15, -0.1) is 0 Å². The van der Waals surface area contributed by atoms with Crippen LogP contribution in [0.1, 0.15) is 42.7 Å². The number of nitrogens with zero attached hydrogens (tertiary/aromatic N) is 3. The lowest BCUT2D eigenvalue weighted by Gasteiger charge is -2.21. The normalized spacial score (nSPS) is 18.6. The summed E-state index contributed by atoms with van der Waals surface area (Å²) in [7, 11) is 1.53. The van der Waals surface area contributed by atoms with Crippen LogP contribution in [0.3, 0.4) is 0 Å². The van der Waals surface area contributed by atoms with Crippen molar-refractivity contribution < 1.29 is 9.53 Å². The molecule has 6 nitrogen and oxygen atoms in total. The first-order valence-corrected chi connectivity index (χ1v) is 9.49. The Kier molecular flexibility index (Phi) is 5.81. The van der Waals surface area contributed by atoms with Gasteiger partial charge in [-0.2, -0.15) is 0 Å². The molecule has 1 fully saturated rings. The van der Waals surface area contributed by atoms with Gasteiger partial charge in [0.15, 0.2) is 0 Å². The summed E-state index contributed by atoms with van der Waals surface area (Å²) in [5, 5.41) is 0. The summed E-state index contributed by atoms with van der Waals surface area (Å²) in [6.07, 6.45) is 4.88. The zero-order valence-corrected chi connectivity index (χ0v) is 16.1. The molecular weight excluding hydrogens is 330 g/mol. The van der Waals surface area contributed by atoms with Crippen LogP contribution in [0.4, 0.5) is 0 Å². The van der Waals surface area contributed by atoms with E-state index >= 15 is 0 Å². The third-order valence-electron chi connectivity index (χ3n) is 5.48. The zero-order valence-electron chi connectivity index (χ0n) is 16.1. The minimum Gasteiger partial charge on any atom is -0.496 e. The van der Waals surface area contributed by atoms with Crippen LogP contribution in [-0.2, 0) is 13.0 Å². The maximum Gasteiger partial charge on any atom is 0.259 e. The van der Waals surface area contributed by atoms with Gasteiger partial charge in [-0.05, 0) is 26.7 Å². The fourth-order valence-corrected chi connectivity index (χ4v) is 3.87. The van der Waals surface area contributed by atoms with E-state index in [1.807, 2.05) is 11.8 Å². The first-order valence-electron chi connectivity index (χ1n) is 9.49. The number of pyridine rings is 1. The predicted octanol–water partition coefficient (Wildman–Crippen LogP) is 1.92. The van der Waals surface area contributed by atoms with Crippen molar-refractivity contribution >= 4 is 5.91 Å². The van der Waals surface area contributed by atoms with Crippen LogP contribution >= 0.6 is 0 Å². The van der Waals surface area contributed by atoms with Gasteiger partial charge in [-0.1, -0.05) is 11.6 Å². The average Bonchev–Trinajstić information content (AvgIpc) is 3.10. The number of allylic oxidation sites excluding steroid dienone is 1. The number of aromatic nitrogens is 1. The number of hydrogen-bond acceptors (Lipinski definition) is 4. The molecule has 142 valence electrons. The quantitative estimate of drug-likeness (QED) is 0.771. The van der Waals surface area contributed by atoms with Crippen molar-refractivity contribution in [2.45, 2.75) is 39.7 Å². The average molecular weight is 359 g/mol. The topological polar surface area (TPSA) is 54.8 Å². The van der Waals surface area contributed by atoms with Gasteiger partial charge in [0.1, 0.15) is 11.3 Å². The fourth-order valence-electron chi connectivity index (χ4n) is 3.87. The second kappa shape index (κ2) is 8.08. The summed E-state index contributed by atoms with van der Waals surface area (Å²) >= 11 is 0. The van der Waals surface area contributed by atoms with E-state index in [0.29, 0.717) is 24.3 Å². The molecule has 1 aromatic heterocycles. The van der Waals surface area contributed by atoms with Gasteiger partial charge >= 0.3 is 0 Å². The van der Waals surface area contributed by atoms with E-state index in [0.717, 1.165) is 51.3 Å². The summed E-state index contributed by atoms with van der Waals surface area (Å²) in [5.74, 6) is 0.414. The van der Waals surface area contributed by atoms with E-state index in [2.05, 4.69) is 17.9 Å². The van der Waals surface area contributed by atoms with Crippen molar-refractivity contribution in [1.29, 1.82) is 0 Å². The molecule has 1 aromatic rings. The molecule has 0 N–H and O–H groups in total. The van der Waals surface area contributed by atoms with Crippen molar-refractivity contribution in [3.05, 3.63) is 39.3 Å². The Morgan fingerprint density at radius 3 is 2.58 bits per heavy atom. The Morgan fingerprint density at radius 2 is 1.92 bits per heavy atom. The van der Waals surface area contributed by atoms with Gasteiger partial charge in [0.05, 0.1) is 7.11 Å². The third-order valence-corrected chi connectivity index (χ3v) is 5.48. The van der Waals surface area contributed by atoms with E-state index in [1.54, 1.807) is 4.57 Å². The lowest BCUT2D eigenvalue weighted by molar-refractivity contribution is 0.0787. The summed E-state index contributed by atoms with van der Waals surface area (Å²) in [6, 6.07) is 1.47. The number of ether oxygens (including phenoxy) is 1. The second-order valence-electron chi connectivity index (χ2n) is 7.18. The van der Waals surface area contributed by atoms with E-state index in [-0.39, 0.29) is 11.5 Å². The van der Waals surface area contributed by atoms with Crippen LogP contribution in [0.5, 0.6) is 5.75 Å². The number of methoxy groups -OCH3 is 1. The Labute approximate surface area is 155 Å². The number of likely N-dealkylation sites (tertiary alicyclic amines) is 1. The Hall–Kier alpha value is -2.08. The van der Waals surface area contributed by atoms with Crippen LogP contribution in [0.2, 0.25) is 0 Å². The Balaban J connectivity index is 1.97. The minimum atomic E-state index is -0.0839. The van der Waals surface area contributed by atoms with Crippen molar-refractivity contribution in [2.75, 3.05) is 39.8 Å². The fraction of sp³-hybridized carbons (Fsp3) is 0.600. The molecule has 0 unspecified atom stereocenters. The van der Waals surface area contributed by atoms with E-state index in [9.17, 15) is 9.59 Å². The number of rotatable bonds is 4. The molecule has 26 heavy (non-hydrogen) atoms.